The first kappa shape index (κ1) is 14.9. The van der Waals surface area contributed by atoms with Gasteiger partial charge in [-0.1, -0.05) is 6.07 Å². The first-order chi connectivity index (χ1) is 11.7. The van der Waals surface area contributed by atoms with Gasteiger partial charge in [-0.25, -0.2) is 9.97 Å². The van der Waals surface area contributed by atoms with Crippen LogP contribution in [0.15, 0.2) is 43.0 Å². The third-order valence-corrected chi connectivity index (χ3v) is 4.47. The molecular weight excluding hydrogens is 304 g/mol. The van der Waals surface area contributed by atoms with E-state index in [9.17, 15) is 4.79 Å². The number of amides is 1. The van der Waals surface area contributed by atoms with E-state index in [2.05, 4.69) is 15.3 Å². The van der Waals surface area contributed by atoms with Gasteiger partial charge in [0.05, 0.1) is 12.1 Å². The van der Waals surface area contributed by atoms with Crippen LogP contribution in [0.3, 0.4) is 0 Å². The summed E-state index contributed by atoms with van der Waals surface area (Å²) in [6.07, 6.45) is 7.86. The van der Waals surface area contributed by atoms with Gasteiger partial charge in [-0.15, -0.1) is 0 Å². The fraction of sp³-hybridized carbons (Fsp3) is 0.353. The smallest absolute Gasteiger partial charge is 0.229 e. The predicted octanol–water partition coefficient (Wildman–Crippen LogP) is 0.783. The lowest BCUT2D eigenvalue weighted by Gasteiger charge is -2.35. The highest BCUT2D eigenvalue weighted by molar-refractivity contribution is 5.79. The van der Waals surface area contributed by atoms with Crippen LogP contribution in [0.5, 0.6) is 0 Å². The maximum atomic E-state index is 12.9. The Labute approximate surface area is 139 Å². The molecule has 1 N–H and O–H groups in total. The number of imidazole rings is 2. The van der Waals surface area contributed by atoms with Crippen molar-refractivity contribution in [1.82, 2.24) is 29.2 Å². The zero-order valence-corrected chi connectivity index (χ0v) is 13.6. The highest BCUT2D eigenvalue weighted by Gasteiger charge is 2.30. The van der Waals surface area contributed by atoms with Crippen molar-refractivity contribution in [2.45, 2.75) is 12.5 Å². The number of fused-ring (bicyclic) bond motifs is 1. The number of hydrogen-bond acceptors (Lipinski definition) is 4. The summed E-state index contributed by atoms with van der Waals surface area (Å²) < 4.78 is 3.92. The molecule has 124 valence electrons. The average molecular weight is 324 g/mol. The van der Waals surface area contributed by atoms with Crippen molar-refractivity contribution in [3.8, 4) is 0 Å². The summed E-state index contributed by atoms with van der Waals surface area (Å²) in [6, 6.07) is 5.80. The number of carbonyl (C=O) groups is 1. The molecule has 0 radical (unpaired) electrons. The van der Waals surface area contributed by atoms with Gasteiger partial charge in [0.25, 0.3) is 0 Å². The molecule has 0 aliphatic carbocycles. The zero-order chi connectivity index (χ0) is 16.5. The third-order valence-electron chi connectivity index (χ3n) is 4.47. The van der Waals surface area contributed by atoms with Gasteiger partial charge in [0.15, 0.2) is 0 Å². The molecule has 3 aromatic rings. The number of pyridine rings is 1. The highest BCUT2D eigenvalue weighted by atomic mass is 16.2. The normalized spacial score (nSPS) is 18.2. The first-order valence-electron chi connectivity index (χ1n) is 8.12. The summed E-state index contributed by atoms with van der Waals surface area (Å²) >= 11 is 0. The molecule has 4 rings (SSSR count). The first-order valence-corrected chi connectivity index (χ1v) is 8.12. The topological polar surface area (TPSA) is 67.5 Å². The van der Waals surface area contributed by atoms with Crippen molar-refractivity contribution in [2.75, 3.05) is 19.6 Å². The Bertz CT molecular complexity index is 834. The second kappa shape index (κ2) is 6.09. The van der Waals surface area contributed by atoms with E-state index in [4.69, 9.17) is 0 Å². The second-order valence-electron chi connectivity index (χ2n) is 6.08. The molecule has 1 aliphatic heterocycles. The van der Waals surface area contributed by atoms with Crippen LogP contribution < -0.4 is 5.32 Å². The maximum absolute atomic E-state index is 12.9. The Morgan fingerprint density at radius 3 is 3.08 bits per heavy atom. The fourth-order valence-corrected chi connectivity index (χ4v) is 3.26. The van der Waals surface area contributed by atoms with E-state index in [1.165, 1.54) is 0 Å². The highest BCUT2D eigenvalue weighted by Crippen LogP contribution is 2.21. The predicted molar refractivity (Wildman–Crippen MR) is 89.4 cm³/mol. The molecule has 1 unspecified atom stereocenters. The largest absolute Gasteiger partial charge is 0.336 e. The van der Waals surface area contributed by atoms with E-state index in [1.807, 2.05) is 57.7 Å². The van der Waals surface area contributed by atoms with Crippen LogP contribution in [0.1, 0.15) is 17.6 Å². The van der Waals surface area contributed by atoms with E-state index in [0.717, 1.165) is 30.3 Å². The lowest BCUT2D eigenvalue weighted by atomic mass is 10.1. The molecule has 7 heteroatoms. The van der Waals surface area contributed by atoms with E-state index < -0.39 is 0 Å². The molecule has 1 aliphatic rings. The molecule has 0 spiro atoms. The fourth-order valence-electron chi connectivity index (χ4n) is 3.26. The molecule has 0 saturated carbocycles. The van der Waals surface area contributed by atoms with Crippen molar-refractivity contribution in [2.24, 2.45) is 7.05 Å². The van der Waals surface area contributed by atoms with Gasteiger partial charge < -0.3 is 19.2 Å². The SMILES string of the molecule is Cn1ccnc1C1CNCCN1C(=O)Cc1cn2ccccc2n1. The van der Waals surface area contributed by atoms with Crippen LogP contribution >= 0.6 is 0 Å². The molecule has 7 nitrogen and oxygen atoms in total. The van der Waals surface area contributed by atoms with Gasteiger partial charge in [0.1, 0.15) is 17.5 Å². The third kappa shape index (κ3) is 2.67. The van der Waals surface area contributed by atoms with Crippen molar-refractivity contribution in [1.29, 1.82) is 0 Å². The van der Waals surface area contributed by atoms with Gasteiger partial charge in [-0.2, -0.15) is 0 Å². The second-order valence-corrected chi connectivity index (χ2v) is 6.08. The molecule has 24 heavy (non-hydrogen) atoms. The molecule has 1 fully saturated rings. The molecule has 1 amide bonds. The van der Waals surface area contributed by atoms with Crippen molar-refractivity contribution in [3.05, 3.63) is 54.5 Å². The van der Waals surface area contributed by atoms with Gasteiger partial charge in [-0.3, -0.25) is 4.79 Å². The van der Waals surface area contributed by atoms with Crippen LogP contribution in [0.4, 0.5) is 0 Å². The molecule has 1 saturated heterocycles. The minimum Gasteiger partial charge on any atom is -0.336 e. The minimum absolute atomic E-state index is 0.0386. The quantitative estimate of drug-likeness (QED) is 0.773. The lowest BCUT2D eigenvalue weighted by Crippen LogP contribution is -2.49. The number of carbonyl (C=O) groups excluding carboxylic acids is 1. The Morgan fingerprint density at radius 2 is 2.29 bits per heavy atom. The van der Waals surface area contributed by atoms with Crippen molar-refractivity contribution < 1.29 is 4.79 Å². The number of rotatable bonds is 3. The molecule has 4 heterocycles. The Hall–Kier alpha value is -2.67. The maximum Gasteiger partial charge on any atom is 0.229 e. The van der Waals surface area contributed by atoms with E-state index in [-0.39, 0.29) is 11.9 Å². The summed E-state index contributed by atoms with van der Waals surface area (Å²) in [4.78, 5) is 23.7. The lowest BCUT2D eigenvalue weighted by molar-refractivity contribution is -0.134. The Kier molecular flexibility index (Phi) is 3.78. The summed E-state index contributed by atoms with van der Waals surface area (Å²) in [5.74, 6) is 0.999. The molecule has 0 bridgehead atoms. The molecule has 1 atom stereocenters. The van der Waals surface area contributed by atoms with Crippen molar-refractivity contribution >= 4 is 11.6 Å². The van der Waals surface area contributed by atoms with E-state index >= 15 is 0 Å². The summed E-state index contributed by atoms with van der Waals surface area (Å²) in [5.41, 5.74) is 1.66. The number of piperazine rings is 1. The molecular formula is C17H20N6O. The number of aryl methyl sites for hydroxylation is 1. The summed E-state index contributed by atoms with van der Waals surface area (Å²) in [7, 11) is 1.96. The van der Waals surface area contributed by atoms with Crippen LogP contribution in [0.25, 0.3) is 5.65 Å². The monoisotopic (exact) mass is 324 g/mol. The van der Waals surface area contributed by atoms with Crippen LogP contribution in [0.2, 0.25) is 0 Å². The number of aromatic nitrogens is 4. The molecule has 0 aromatic carbocycles. The van der Waals surface area contributed by atoms with Crippen LogP contribution in [0, 0.1) is 0 Å². The zero-order valence-electron chi connectivity index (χ0n) is 13.6. The Balaban J connectivity index is 1.56. The van der Waals surface area contributed by atoms with E-state index in [0.29, 0.717) is 13.0 Å². The van der Waals surface area contributed by atoms with E-state index in [1.54, 1.807) is 6.20 Å². The van der Waals surface area contributed by atoms with Gasteiger partial charge in [0.2, 0.25) is 5.91 Å². The standard InChI is InChI=1S/C17H20N6O/c1-21-8-6-19-17(21)14-11-18-5-9-23(14)16(24)10-13-12-22-7-3-2-4-15(22)20-13/h2-4,6-8,12,14,18H,5,9-11H2,1H3. The van der Waals surface area contributed by atoms with Crippen molar-refractivity contribution in [3.63, 3.8) is 0 Å². The number of nitrogens with zero attached hydrogens (tertiary/aromatic N) is 5. The minimum atomic E-state index is -0.0386. The van der Waals surface area contributed by atoms with Gasteiger partial charge >= 0.3 is 0 Å². The summed E-state index contributed by atoms with van der Waals surface area (Å²) in [5, 5.41) is 3.35. The number of nitrogens with one attached hydrogen (secondary N) is 1. The van der Waals surface area contributed by atoms with Gasteiger partial charge in [-0.05, 0) is 12.1 Å². The Morgan fingerprint density at radius 1 is 1.38 bits per heavy atom. The van der Waals surface area contributed by atoms with Gasteiger partial charge in [0, 0.05) is 51.5 Å². The van der Waals surface area contributed by atoms with Crippen LogP contribution in [-0.2, 0) is 18.3 Å². The molecule has 3 aromatic heterocycles. The van der Waals surface area contributed by atoms with Crippen LogP contribution in [-0.4, -0.2) is 49.4 Å². The summed E-state index contributed by atoms with van der Waals surface area (Å²) in [6.45, 7) is 2.21. The number of hydrogen-bond donors (Lipinski definition) is 1. The average Bonchev–Trinajstić information content (AvgIpc) is 3.20.